The first-order valence-electron chi connectivity index (χ1n) is 6.77. The van der Waals surface area contributed by atoms with E-state index in [1.807, 2.05) is 0 Å². The molecule has 0 radical (unpaired) electrons. The summed E-state index contributed by atoms with van der Waals surface area (Å²) in [4.78, 5) is 22.4. The molecular formula is C15H21NO6. The number of carbonyl (C=O) groups excluding carboxylic acids is 1. The molecule has 122 valence electrons. The number of hydrogen-bond donors (Lipinski definition) is 2. The summed E-state index contributed by atoms with van der Waals surface area (Å²) in [6.45, 7) is 1.98. The van der Waals surface area contributed by atoms with Crippen LogP contribution in [0.4, 0.5) is 0 Å². The van der Waals surface area contributed by atoms with Gasteiger partial charge in [-0.3, -0.25) is 4.79 Å². The summed E-state index contributed by atoms with van der Waals surface area (Å²) in [7, 11) is 3.06. The van der Waals surface area contributed by atoms with Crippen molar-refractivity contribution in [3.05, 3.63) is 23.8 Å². The highest BCUT2D eigenvalue weighted by atomic mass is 16.5. The van der Waals surface area contributed by atoms with Crippen molar-refractivity contribution < 1.29 is 28.9 Å². The van der Waals surface area contributed by atoms with Crippen molar-refractivity contribution in [3.8, 4) is 11.5 Å². The Morgan fingerprint density at radius 2 is 2.00 bits per heavy atom. The minimum Gasteiger partial charge on any atom is -0.493 e. The molecule has 0 aliphatic rings. The van der Waals surface area contributed by atoms with E-state index in [-0.39, 0.29) is 6.42 Å². The molecule has 1 rings (SSSR count). The van der Waals surface area contributed by atoms with Crippen molar-refractivity contribution in [3.63, 3.8) is 0 Å². The van der Waals surface area contributed by atoms with Crippen LogP contribution in [0, 0.1) is 0 Å². The molecule has 1 atom stereocenters. The molecule has 1 aromatic rings. The molecule has 0 heterocycles. The minimum absolute atomic E-state index is 0.0917. The molecule has 7 heteroatoms. The average Bonchev–Trinajstić information content (AvgIpc) is 2.47. The van der Waals surface area contributed by atoms with Crippen LogP contribution >= 0.6 is 0 Å². The fraction of sp³-hybridized carbons (Fsp3) is 0.467. The minimum atomic E-state index is -1.11. The van der Waals surface area contributed by atoms with Crippen molar-refractivity contribution in [1.82, 2.24) is 5.32 Å². The molecule has 0 aliphatic heterocycles. The van der Waals surface area contributed by atoms with Crippen LogP contribution in [0.2, 0.25) is 0 Å². The van der Waals surface area contributed by atoms with Gasteiger partial charge < -0.3 is 24.6 Å². The summed E-state index contributed by atoms with van der Waals surface area (Å²) in [5.74, 6) is -0.558. The van der Waals surface area contributed by atoms with Gasteiger partial charge in [-0.2, -0.15) is 0 Å². The zero-order chi connectivity index (χ0) is 16.5. The van der Waals surface area contributed by atoms with Crippen LogP contribution in [0.3, 0.4) is 0 Å². The topological polar surface area (TPSA) is 94.1 Å². The maximum absolute atomic E-state index is 11.3. The number of aliphatic carboxylic acids is 1. The number of carbonyl (C=O) groups is 2. The Kier molecular flexibility index (Phi) is 7.18. The second kappa shape index (κ2) is 8.89. The Hall–Kier alpha value is -2.28. The van der Waals surface area contributed by atoms with Gasteiger partial charge in [-0.05, 0) is 6.07 Å². The molecular weight excluding hydrogens is 290 g/mol. The number of carboxylic acids is 1. The smallest absolute Gasteiger partial charge is 0.326 e. The number of carboxylic acid groups (broad SMARTS) is 1. The fourth-order valence-electron chi connectivity index (χ4n) is 1.94. The second-order valence-corrected chi connectivity index (χ2v) is 4.59. The van der Waals surface area contributed by atoms with E-state index in [0.29, 0.717) is 30.3 Å². The van der Waals surface area contributed by atoms with Crippen LogP contribution in [-0.2, 0) is 20.7 Å². The highest BCUT2D eigenvalue weighted by Gasteiger charge is 2.22. The molecule has 0 spiro atoms. The van der Waals surface area contributed by atoms with Crippen LogP contribution in [0.15, 0.2) is 18.2 Å². The lowest BCUT2D eigenvalue weighted by atomic mass is 10.0. The van der Waals surface area contributed by atoms with Gasteiger partial charge >= 0.3 is 5.97 Å². The number of para-hydroxylation sites is 1. The maximum Gasteiger partial charge on any atom is 0.326 e. The Bertz CT molecular complexity index is 517. The Morgan fingerprint density at radius 3 is 2.55 bits per heavy atom. The Labute approximate surface area is 129 Å². The highest BCUT2D eigenvalue weighted by molar-refractivity contribution is 5.82. The van der Waals surface area contributed by atoms with Gasteiger partial charge in [0.1, 0.15) is 12.6 Å². The van der Waals surface area contributed by atoms with Crippen LogP contribution < -0.4 is 14.8 Å². The van der Waals surface area contributed by atoms with E-state index in [0.717, 1.165) is 0 Å². The van der Waals surface area contributed by atoms with Gasteiger partial charge in [-0.1, -0.05) is 12.1 Å². The van der Waals surface area contributed by atoms with Crippen molar-refractivity contribution in [2.45, 2.75) is 19.4 Å². The van der Waals surface area contributed by atoms with E-state index in [2.05, 4.69) is 5.32 Å². The van der Waals surface area contributed by atoms with Gasteiger partial charge in [0.25, 0.3) is 0 Å². The average molecular weight is 311 g/mol. The predicted octanol–water partition coefficient (Wildman–Crippen LogP) is 0.852. The van der Waals surface area contributed by atoms with Crippen LogP contribution in [0.1, 0.15) is 12.5 Å². The molecule has 0 saturated carbocycles. The largest absolute Gasteiger partial charge is 0.493 e. The van der Waals surface area contributed by atoms with Crippen LogP contribution in [0.25, 0.3) is 0 Å². The highest BCUT2D eigenvalue weighted by Crippen LogP contribution is 2.32. The monoisotopic (exact) mass is 311 g/mol. The van der Waals surface area contributed by atoms with E-state index in [4.69, 9.17) is 14.2 Å². The standard InChI is InChI=1S/C15H21NO6/c1-10(17)16-12(15(18)19)9-11-5-4-6-13(21-3)14(11)22-8-7-20-2/h4-6,12H,7-9H2,1-3H3,(H,16,17)(H,18,19). The number of amides is 1. The molecule has 1 aromatic carbocycles. The second-order valence-electron chi connectivity index (χ2n) is 4.59. The third kappa shape index (κ3) is 5.25. The molecule has 22 heavy (non-hydrogen) atoms. The van der Waals surface area contributed by atoms with E-state index in [1.165, 1.54) is 14.0 Å². The fourth-order valence-corrected chi connectivity index (χ4v) is 1.94. The zero-order valence-electron chi connectivity index (χ0n) is 12.9. The maximum atomic E-state index is 11.3. The quantitative estimate of drug-likeness (QED) is 0.657. The summed E-state index contributed by atoms with van der Waals surface area (Å²) in [6, 6.07) is 4.17. The molecule has 7 nitrogen and oxygen atoms in total. The molecule has 0 fully saturated rings. The first-order valence-corrected chi connectivity index (χ1v) is 6.77. The van der Waals surface area contributed by atoms with E-state index >= 15 is 0 Å². The summed E-state index contributed by atoms with van der Waals surface area (Å²) in [5, 5.41) is 11.6. The van der Waals surface area contributed by atoms with Crippen molar-refractivity contribution in [2.75, 3.05) is 27.4 Å². The number of nitrogens with one attached hydrogen (secondary N) is 1. The summed E-state index contributed by atoms with van der Waals surface area (Å²) >= 11 is 0. The molecule has 0 aromatic heterocycles. The van der Waals surface area contributed by atoms with Gasteiger partial charge in [-0.15, -0.1) is 0 Å². The number of ether oxygens (including phenoxy) is 3. The zero-order valence-corrected chi connectivity index (χ0v) is 12.9. The van der Waals surface area contributed by atoms with Crippen molar-refractivity contribution in [1.29, 1.82) is 0 Å². The first-order chi connectivity index (χ1) is 10.5. The Balaban J connectivity index is 3.00. The molecule has 0 aliphatic carbocycles. The number of rotatable bonds is 9. The lowest BCUT2D eigenvalue weighted by molar-refractivity contribution is -0.141. The van der Waals surface area contributed by atoms with E-state index in [1.54, 1.807) is 25.3 Å². The summed E-state index contributed by atoms with van der Waals surface area (Å²) in [5.41, 5.74) is 0.636. The van der Waals surface area contributed by atoms with Crippen molar-refractivity contribution >= 4 is 11.9 Å². The lowest BCUT2D eigenvalue weighted by Gasteiger charge is -2.18. The van der Waals surface area contributed by atoms with Gasteiger partial charge in [0, 0.05) is 26.0 Å². The normalized spacial score (nSPS) is 11.6. The van der Waals surface area contributed by atoms with Gasteiger partial charge in [0.2, 0.25) is 5.91 Å². The number of hydrogen-bond acceptors (Lipinski definition) is 5. The van der Waals surface area contributed by atoms with Gasteiger partial charge in [-0.25, -0.2) is 4.79 Å². The lowest BCUT2D eigenvalue weighted by Crippen LogP contribution is -2.41. The Morgan fingerprint density at radius 1 is 1.27 bits per heavy atom. The third-order valence-corrected chi connectivity index (χ3v) is 2.91. The van der Waals surface area contributed by atoms with Crippen molar-refractivity contribution in [2.24, 2.45) is 0 Å². The van der Waals surface area contributed by atoms with E-state index < -0.39 is 17.9 Å². The number of benzene rings is 1. The van der Waals surface area contributed by atoms with Gasteiger partial charge in [0.15, 0.2) is 11.5 Å². The molecule has 2 N–H and O–H groups in total. The van der Waals surface area contributed by atoms with Crippen LogP contribution in [0.5, 0.6) is 11.5 Å². The van der Waals surface area contributed by atoms with E-state index in [9.17, 15) is 14.7 Å². The summed E-state index contributed by atoms with van der Waals surface area (Å²) < 4.78 is 15.8. The van der Waals surface area contributed by atoms with Crippen LogP contribution in [-0.4, -0.2) is 50.5 Å². The SMILES string of the molecule is COCCOc1c(CC(NC(C)=O)C(=O)O)cccc1OC. The predicted molar refractivity (Wildman–Crippen MR) is 79.3 cm³/mol. The third-order valence-electron chi connectivity index (χ3n) is 2.91. The number of methoxy groups -OCH3 is 2. The van der Waals surface area contributed by atoms with Gasteiger partial charge in [0.05, 0.1) is 13.7 Å². The molecule has 0 bridgehead atoms. The summed E-state index contributed by atoms with van der Waals surface area (Å²) in [6.07, 6.45) is 0.0917. The molecule has 1 amide bonds. The molecule has 0 saturated heterocycles. The first kappa shape index (κ1) is 17.8. The molecule has 1 unspecified atom stereocenters.